The predicted molar refractivity (Wildman–Crippen MR) is 92.4 cm³/mol. The molecule has 0 aliphatic rings. The first-order chi connectivity index (χ1) is 13.3. The molecule has 0 amide bonds. The van der Waals surface area contributed by atoms with Crippen LogP contribution in [0.2, 0.25) is 0 Å². The Morgan fingerprint density at radius 1 is 1.18 bits per heavy atom. The molecule has 11 heteroatoms. The highest BCUT2D eigenvalue weighted by Gasteiger charge is 2.41. The van der Waals surface area contributed by atoms with Crippen LogP contribution in [0.25, 0.3) is 27.9 Å². The van der Waals surface area contributed by atoms with Gasteiger partial charge in [0.25, 0.3) is 5.56 Å². The van der Waals surface area contributed by atoms with Gasteiger partial charge in [-0.05, 0) is 26.0 Å². The Hall–Kier alpha value is -3.68. The summed E-state index contributed by atoms with van der Waals surface area (Å²) in [6, 6.07) is 6.74. The summed E-state index contributed by atoms with van der Waals surface area (Å²) in [4.78, 5) is 17.2. The van der Waals surface area contributed by atoms with E-state index < -0.39 is 23.1 Å². The molecule has 142 valence electrons. The summed E-state index contributed by atoms with van der Waals surface area (Å²) < 4.78 is 43.5. The van der Waals surface area contributed by atoms with Crippen LogP contribution in [0.3, 0.4) is 0 Å². The predicted octanol–water partition coefficient (Wildman–Crippen LogP) is 2.84. The van der Waals surface area contributed by atoms with Crippen LogP contribution in [-0.2, 0) is 6.18 Å². The van der Waals surface area contributed by atoms with Crippen molar-refractivity contribution in [2.75, 3.05) is 0 Å². The number of nitriles is 1. The Bertz CT molecular complexity index is 1320. The van der Waals surface area contributed by atoms with Crippen LogP contribution in [0, 0.1) is 11.5 Å². The maximum atomic E-state index is 13.4. The van der Waals surface area contributed by atoms with Crippen molar-refractivity contribution in [3.63, 3.8) is 0 Å². The number of alkyl halides is 3. The zero-order valence-electron chi connectivity index (χ0n) is 14.6. The molecule has 0 N–H and O–H groups in total. The lowest BCUT2D eigenvalue weighted by molar-refractivity contribution is -0.140. The molecule has 3 aromatic heterocycles. The summed E-state index contributed by atoms with van der Waals surface area (Å²) in [5.41, 5.74) is -1.75. The van der Waals surface area contributed by atoms with Gasteiger partial charge < -0.3 is 4.57 Å². The molecule has 0 saturated heterocycles. The number of hydrogen-bond donors (Lipinski definition) is 0. The molecule has 8 nitrogen and oxygen atoms in total. The maximum absolute atomic E-state index is 13.4. The first-order valence-corrected chi connectivity index (χ1v) is 8.19. The second-order valence-electron chi connectivity index (χ2n) is 6.37. The zero-order valence-corrected chi connectivity index (χ0v) is 14.6. The van der Waals surface area contributed by atoms with Crippen LogP contribution < -0.4 is 5.56 Å². The Kier molecular flexibility index (Phi) is 3.74. The fraction of sp³-hybridized carbons (Fsp3) is 0.235. The highest BCUT2D eigenvalue weighted by molar-refractivity contribution is 5.85. The van der Waals surface area contributed by atoms with Crippen molar-refractivity contribution in [2.24, 2.45) is 0 Å². The summed E-state index contributed by atoms with van der Waals surface area (Å²) in [6.07, 6.45) is -2.09. The van der Waals surface area contributed by atoms with Gasteiger partial charge >= 0.3 is 6.18 Å². The van der Waals surface area contributed by atoms with Gasteiger partial charge in [-0.25, -0.2) is 4.98 Å². The Morgan fingerprint density at radius 3 is 2.46 bits per heavy atom. The number of para-hydroxylation sites is 2. The number of imidazole rings is 1. The number of aromatic nitrogens is 6. The van der Waals surface area contributed by atoms with E-state index in [1.165, 1.54) is 21.5 Å². The van der Waals surface area contributed by atoms with E-state index in [9.17, 15) is 23.2 Å². The van der Waals surface area contributed by atoms with E-state index in [1.54, 1.807) is 38.1 Å². The van der Waals surface area contributed by atoms with Gasteiger partial charge in [-0.2, -0.15) is 18.4 Å². The van der Waals surface area contributed by atoms with E-state index in [1.807, 2.05) is 0 Å². The number of benzene rings is 1. The lowest BCUT2D eigenvalue weighted by Gasteiger charge is -2.15. The lowest BCUT2D eigenvalue weighted by atomic mass is 10.2. The van der Waals surface area contributed by atoms with Gasteiger partial charge in [0.05, 0.1) is 11.0 Å². The molecule has 3 heterocycles. The average Bonchev–Trinajstić information content (AvgIpc) is 3.25. The number of halogens is 3. The Balaban J connectivity index is 2.21. The molecule has 0 spiro atoms. The molecule has 4 aromatic rings. The number of fused-ring (bicyclic) bond motifs is 3. The molecule has 0 radical (unpaired) electrons. The maximum Gasteiger partial charge on any atom is 0.437 e. The van der Waals surface area contributed by atoms with Gasteiger partial charge in [0, 0.05) is 6.04 Å². The standard InChI is InChI=1S/C17H12F3N7O/c1-9(2)27-11-6-4-3-5-10(11)25-8-22-12(14(25)16(27)28)13-15(17(18,19)20)23-24-26(13)7-21/h3-6,8-9H,1-2H3. The first kappa shape index (κ1) is 17.7. The second-order valence-corrected chi connectivity index (χ2v) is 6.37. The van der Waals surface area contributed by atoms with E-state index in [0.717, 1.165) is 0 Å². The van der Waals surface area contributed by atoms with Crippen molar-refractivity contribution in [3.05, 3.63) is 46.6 Å². The fourth-order valence-corrected chi connectivity index (χ4v) is 3.27. The third kappa shape index (κ3) is 2.38. The zero-order chi connectivity index (χ0) is 20.2. The Labute approximate surface area is 155 Å². The largest absolute Gasteiger partial charge is 0.437 e. The summed E-state index contributed by atoms with van der Waals surface area (Å²) in [7, 11) is 0. The summed E-state index contributed by atoms with van der Waals surface area (Å²) in [5.74, 6) is 0. The molecule has 28 heavy (non-hydrogen) atoms. The van der Waals surface area contributed by atoms with Crippen molar-refractivity contribution in [1.29, 1.82) is 5.26 Å². The molecule has 0 atom stereocenters. The van der Waals surface area contributed by atoms with E-state index in [0.29, 0.717) is 15.7 Å². The minimum absolute atomic E-state index is 0.0864. The van der Waals surface area contributed by atoms with Crippen molar-refractivity contribution in [2.45, 2.75) is 26.1 Å². The number of nitrogens with zero attached hydrogens (tertiary/aromatic N) is 7. The third-order valence-corrected chi connectivity index (χ3v) is 4.36. The normalized spacial score (nSPS) is 12.2. The van der Waals surface area contributed by atoms with E-state index in [-0.39, 0.29) is 17.3 Å². The van der Waals surface area contributed by atoms with Gasteiger partial charge in [-0.1, -0.05) is 17.3 Å². The van der Waals surface area contributed by atoms with Crippen molar-refractivity contribution in [1.82, 2.24) is 28.9 Å². The third-order valence-electron chi connectivity index (χ3n) is 4.36. The molecule has 0 bridgehead atoms. The van der Waals surface area contributed by atoms with Gasteiger partial charge in [0.1, 0.15) is 23.2 Å². The van der Waals surface area contributed by atoms with E-state index in [4.69, 9.17) is 0 Å². The molecule has 0 aliphatic heterocycles. The lowest BCUT2D eigenvalue weighted by Crippen LogP contribution is -2.25. The molecular formula is C17H12F3N7O. The van der Waals surface area contributed by atoms with Crippen molar-refractivity contribution >= 4 is 16.6 Å². The molecule has 0 aliphatic carbocycles. The van der Waals surface area contributed by atoms with Crippen molar-refractivity contribution in [3.8, 4) is 17.6 Å². The first-order valence-electron chi connectivity index (χ1n) is 8.19. The molecule has 0 unspecified atom stereocenters. The minimum atomic E-state index is -4.87. The second kappa shape index (κ2) is 5.91. The van der Waals surface area contributed by atoms with E-state index >= 15 is 0 Å². The van der Waals surface area contributed by atoms with E-state index in [2.05, 4.69) is 15.3 Å². The quantitative estimate of drug-likeness (QED) is 0.527. The summed E-state index contributed by atoms with van der Waals surface area (Å²) in [5, 5.41) is 15.5. The molecule has 4 rings (SSSR count). The fourth-order valence-electron chi connectivity index (χ4n) is 3.27. The highest BCUT2D eigenvalue weighted by atomic mass is 19.4. The van der Waals surface area contributed by atoms with Crippen LogP contribution in [0.15, 0.2) is 35.4 Å². The van der Waals surface area contributed by atoms with Crippen LogP contribution in [0.1, 0.15) is 25.6 Å². The van der Waals surface area contributed by atoms with Crippen molar-refractivity contribution < 1.29 is 13.2 Å². The molecular weight excluding hydrogens is 375 g/mol. The molecule has 0 saturated carbocycles. The minimum Gasteiger partial charge on any atom is -0.302 e. The van der Waals surface area contributed by atoms with Gasteiger partial charge in [-0.3, -0.25) is 9.20 Å². The average molecular weight is 387 g/mol. The van der Waals surface area contributed by atoms with Gasteiger partial charge in [0.15, 0.2) is 5.69 Å². The molecule has 0 fully saturated rings. The Morgan fingerprint density at radius 2 is 1.86 bits per heavy atom. The van der Waals surface area contributed by atoms with Crippen LogP contribution in [0.4, 0.5) is 13.2 Å². The summed E-state index contributed by atoms with van der Waals surface area (Å²) in [6.45, 7) is 3.59. The SMILES string of the molecule is CC(C)n1c(=O)c2c(-c3c(C(F)(F)F)nnn3C#N)ncn2c2ccccc21. The van der Waals surface area contributed by atoms with Crippen LogP contribution in [-0.4, -0.2) is 28.9 Å². The number of hydrogen-bond acceptors (Lipinski definition) is 5. The summed E-state index contributed by atoms with van der Waals surface area (Å²) >= 11 is 0. The highest BCUT2D eigenvalue weighted by Crippen LogP contribution is 2.36. The van der Waals surface area contributed by atoms with Gasteiger partial charge in [0.2, 0.25) is 6.19 Å². The van der Waals surface area contributed by atoms with Crippen LogP contribution >= 0.6 is 0 Å². The van der Waals surface area contributed by atoms with Crippen LogP contribution in [0.5, 0.6) is 0 Å². The number of rotatable bonds is 2. The smallest absolute Gasteiger partial charge is 0.302 e. The molecule has 1 aromatic carbocycles. The van der Waals surface area contributed by atoms with Gasteiger partial charge in [-0.15, -0.1) is 9.78 Å². The monoisotopic (exact) mass is 387 g/mol. The topological polar surface area (TPSA) is 93.8 Å².